The number of aryl methyl sites for hydroxylation is 2. The minimum atomic E-state index is 1.08. The molecule has 0 amide bonds. The number of hydrogen-bond donors (Lipinski definition) is 0. The van der Waals surface area contributed by atoms with E-state index in [-0.39, 0.29) is 0 Å². The zero-order chi connectivity index (χ0) is 17.7. The minimum absolute atomic E-state index is 1.08. The molecule has 130 valence electrons. The van der Waals surface area contributed by atoms with E-state index in [2.05, 4.69) is 86.4 Å². The third kappa shape index (κ3) is 7.44. The van der Waals surface area contributed by atoms with Crippen molar-refractivity contribution in [2.45, 2.75) is 58.8 Å². The average Bonchev–Trinajstić information content (AvgIpc) is 2.66. The van der Waals surface area contributed by atoms with E-state index in [9.17, 15) is 0 Å². The molecule has 0 heterocycles. The molecule has 2 rings (SSSR count). The Kier molecular flexibility index (Phi) is 8.64. The van der Waals surface area contributed by atoms with E-state index < -0.39 is 0 Å². The first-order valence-corrected chi connectivity index (χ1v) is 9.66. The van der Waals surface area contributed by atoms with E-state index in [0.29, 0.717) is 0 Å². The van der Waals surface area contributed by atoms with Crippen molar-refractivity contribution in [1.29, 1.82) is 0 Å². The molecule has 0 radical (unpaired) electrons. The summed E-state index contributed by atoms with van der Waals surface area (Å²) in [7, 11) is 0. The lowest BCUT2D eigenvalue weighted by Crippen LogP contribution is -1.86. The lowest BCUT2D eigenvalue weighted by Gasteiger charge is -2.00. The minimum Gasteiger partial charge on any atom is -0.0888 e. The Balaban J connectivity index is 1.88. The van der Waals surface area contributed by atoms with Crippen molar-refractivity contribution in [1.82, 2.24) is 0 Å². The molecule has 0 aliphatic carbocycles. The van der Waals surface area contributed by atoms with Crippen molar-refractivity contribution < 1.29 is 0 Å². The molecule has 0 saturated heterocycles. The quantitative estimate of drug-likeness (QED) is 0.286. The maximum Gasteiger partial charge on any atom is 0.0249 e. The summed E-state index contributed by atoms with van der Waals surface area (Å²) in [6, 6.07) is 17.4. The van der Waals surface area contributed by atoms with Gasteiger partial charge < -0.3 is 0 Å². The highest BCUT2D eigenvalue weighted by molar-refractivity contribution is 5.44. The highest BCUT2D eigenvalue weighted by Crippen LogP contribution is 2.09. The fourth-order valence-corrected chi connectivity index (χ4v) is 2.77. The van der Waals surface area contributed by atoms with Gasteiger partial charge in [-0.3, -0.25) is 0 Å². The predicted molar refractivity (Wildman–Crippen MR) is 110 cm³/mol. The number of allylic oxidation sites excluding steroid dienone is 2. The third-order valence-electron chi connectivity index (χ3n) is 4.33. The topological polar surface area (TPSA) is 0 Å². The fraction of sp³-hybridized carbons (Fsp3) is 0.360. The Morgan fingerprint density at radius 2 is 1.24 bits per heavy atom. The lowest BCUT2D eigenvalue weighted by atomic mass is 10.0. The van der Waals surface area contributed by atoms with Crippen molar-refractivity contribution in [2.24, 2.45) is 0 Å². The molecule has 0 saturated carbocycles. The van der Waals surface area contributed by atoms with Crippen LogP contribution in [0.5, 0.6) is 0 Å². The van der Waals surface area contributed by atoms with E-state index in [0.717, 1.165) is 30.4 Å². The van der Waals surface area contributed by atoms with Gasteiger partial charge in [0, 0.05) is 11.1 Å². The van der Waals surface area contributed by atoms with E-state index in [1.165, 1.54) is 36.8 Å². The smallest absolute Gasteiger partial charge is 0.0249 e. The van der Waals surface area contributed by atoms with Crippen LogP contribution in [0, 0.1) is 11.8 Å². The van der Waals surface area contributed by atoms with Gasteiger partial charge >= 0.3 is 0 Å². The molecule has 0 unspecified atom stereocenters. The van der Waals surface area contributed by atoms with Gasteiger partial charge in [-0.05, 0) is 67.5 Å². The Bertz CT molecular complexity index is 690. The second-order valence-electron chi connectivity index (χ2n) is 6.52. The summed E-state index contributed by atoms with van der Waals surface area (Å²) in [6.07, 6.45) is 12.9. The molecule has 0 aromatic heterocycles. The Labute approximate surface area is 154 Å². The van der Waals surface area contributed by atoms with Crippen molar-refractivity contribution in [3.63, 3.8) is 0 Å². The first kappa shape index (κ1) is 19.1. The highest BCUT2D eigenvalue weighted by atomic mass is 14.0. The van der Waals surface area contributed by atoms with E-state index in [1.54, 1.807) is 0 Å². The van der Waals surface area contributed by atoms with Crippen LogP contribution in [-0.4, -0.2) is 0 Å². The summed E-state index contributed by atoms with van der Waals surface area (Å²) in [4.78, 5) is 0. The van der Waals surface area contributed by atoms with Gasteiger partial charge in [0.1, 0.15) is 0 Å². The molecule has 0 N–H and O–H groups in total. The monoisotopic (exact) mass is 330 g/mol. The summed E-state index contributed by atoms with van der Waals surface area (Å²) >= 11 is 0. The Morgan fingerprint density at radius 3 is 1.76 bits per heavy atom. The van der Waals surface area contributed by atoms with E-state index in [1.807, 2.05) is 0 Å². The lowest BCUT2D eigenvalue weighted by molar-refractivity contribution is 0.717. The summed E-state index contributed by atoms with van der Waals surface area (Å²) < 4.78 is 0. The predicted octanol–water partition coefficient (Wildman–Crippen LogP) is 6.72. The number of hydrogen-bond acceptors (Lipinski definition) is 0. The average molecular weight is 331 g/mol. The van der Waals surface area contributed by atoms with Gasteiger partial charge in [0.15, 0.2) is 0 Å². The third-order valence-corrected chi connectivity index (χ3v) is 4.33. The van der Waals surface area contributed by atoms with Crippen LogP contribution in [-0.2, 0) is 12.8 Å². The molecule has 0 bridgehead atoms. The van der Waals surface area contributed by atoms with Crippen LogP contribution in [0.4, 0.5) is 0 Å². The van der Waals surface area contributed by atoms with E-state index >= 15 is 0 Å². The van der Waals surface area contributed by atoms with E-state index in [4.69, 9.17) is 0 Å². The van der Waals surface area contributed by atoms with Crippen molar-refractivity contribution in [2.75, 3.05) is 0 Å². The van der Waals surface area contributed by atoms with Crippen LogP contribution < -0.4 is 0 Å². The fourth-order valence-electron chi connectivity index (χ4n) is 2.77. The molecule has 0 spiro atoms. The first-order chi connectivity index (χ1) is 12.3. The SMILES string of the molecule is CCC=CCCc1ccc(C#Cc2ccc(CCCCC)cc2)cc1. The molecule has 0 nitrogen and oxygen atoms in total. The second kappa shape index (κ2) is 11.3. The second-order valence-corrected chi connectivity index (χ2v) is 6.52. The standard InChI is InChI=1S/C25H30/c1-3-5-7-9-11-23-14-18-25(19-15-23)21-20-24-16-12-22(13-17-24)10-8-6-4-2/h5,7,12-19H,3-4,6,8-11H2,1-2H3. The highest BCUT2D eigenvalue weighted by Gasteiger charge is 1.94. The largest absolute Gasteiger partial charge is 0.0888 e. The maximum atomic E-state index is 3.27. The van der Waals surface area contributed by atoms with Gasteiger partial charge in [-0.1, -0.05) is 74.9 Å². The number of benzene rings is 2. The van der Waals surface area contributed by atoms with Crippen LogP contribution in [0.15, 0.2) is 60.7 Å². The van der Waals surface area contributed by atoms with Crippen LogP contribution in [0.3, 0.4) is 0 Å². The van der Waals surface area contributed by atoms with Crippen LogP contribution in [0.25, 0.3) is 0 Å². The van der Waals surface area contributed by atoms with Gasteiger partial charge in [-0.25, -0.2) is 0 Å². The van der Waals surface area contributed by atoms with Gasteiger partial charge in [0.2, 0.25) is 0 Å². The van der Waals surface area contributed by atoms with Gasteiger partial charge in [-0.2, -0.15) is 0 Å². The van der Waals surface area contributed by atoms with Crippen LogP contribution >= 0.6 is 0 Å². The van der Waals surface area contributed by atoms with Crippen molar-refractivity contribution in [3.05, 3.63) is 82.9 Å². The summed E-state index contributed by atoms with van der Waals surface area (Å²) in [5.41, 5.74) is 4.97. The number of rotatable bonds is 8. The molecule has 0 atom stereocenters. The zero-order valence-electron chi connectivity index (χ0n) is 15.7. The first-order valence-electron chi connectivity index (χ1n) is 9.66. The molecule has 0 aliphatic rings. The number of unbranched alkanes of at least 4 members (excludes halogenated alkanes) is 2. The zero-order valence-corrected chi connectivity index (χ0v) is 15.7. The van der Waals surface area contributed by atoms with Gasteiger partial charge in [0.25, 0.3) is 0 Å². The Hall–Kier alpha value is -2.26. The molecule has 0 aliphatic heterocycles. The van der Waals surface area contributed by atoms with Crippen LogP contribution in [0.2, 0.25) is 0 Å². The Morgan fingerprint density at radius 1 is 0.680 bits per heavy atom. The molecule has 0 heteroatoms. The summed E-state index contributed by atoms with van der Waals surface area (Å²) in [6.45, 7) is 4.42. The molecule has 2 aromatic carbocycles. The molecular weight excluding hydrogens is 300 g/mol. The summed E-state index contributed by atoms with van der Waals surface area (Å²) in [5, 5.41) is 0. The summed E-state index contributed by atoms with van der Waals surface area (Å²) in [5.74, 6) is 6.55. The molecule has 2 aromatic rings. The maximum absolute atomic E-state index is 3.27. The van der Waals surface area contributed by atoms with Gasteiger partial charge in [-0.15, -0.1) is 0 Å². The normalized spacial score (nSPS) is 10.6. The van der Waals surface area contributed by atoms with Crippen LogP contribution in [0.1, 0.15) is 68.2 Å². The molecular formula is C25H30. The molecule has 25 heavy (non-hydrogen) atoms. The molecule has 0 fully saturated rings. The van der Waals surface area contributed by atoms with Crippen molar-refractivity contribution in [3.8, 4) is 11.8 Å². The van der Waals surface area contributed by atoms with Gasteiger partial charge in [0.05, 0.1) is 0 Å². The van der Waals surface area contributed by atoms with Crippen molar-refractivity contribution >= 4 is 0 Å².